The average molecular weight is 380 g/mol. The Morgan fingerprint density at radius 3 is 2.56 bits per heavy atom. The van der Waals surface area contributed by atoms with E-state index in [4.69, 9.17) is 17.3 Å². The average Bonchev–Trinajstić information content (AvgIpc) is 2.36. The van der Waals surface area contributed by atoms with E-state index in [0.717, 1.165) is 11.4 Å². The minimum Gasteiger partial charge on any atom is -0.324 e. The Kier molecular flexibility index (Phi) is 8.27. The van der Waals surface area contributed by atoms with E-state index in [-0.39, 0.29) is 6.04 Å². The highest BCUT2D eigenvalue weighted by Gasteiger charge is 2.10. The number of nitrogens with two attached hydrogens (primary N) is 1. The summed E-state index contributed by atoms with van der Waals surface area (Å²) in [5, 5.41) is 0.781. The van der Waals surface area contributed by atoms with Crippen molar-refractivity contribution in [3.05, 3.63) is 32.4 Å². The van der Waals surface area contributed by atoms with Gasteiger partial charge in [0.25, 0.3) is 0 Å². The monoisotopic (exact) mass is 379 g/mol. The molecule has 1 aromatic rings. The molecule has 0 aliphatic heterocycles. The molecule has 1 aromatic carbocycles. The molecule has 0 spiro atoms. The summed E-state index contributed by atoms with van der Waals surface area (Å²) in [5.74, 6) is 0. The first-order valence-electron chi connectivity index (χ1n) is 6.85. The molecule has 0 aliphatic carbocycles. The van der Waals surface area contributed by atoms with Gasteiger partial charge in [0.05, 0.1) is 0 Å². The molecule has 3 heteroatoms. The molecule has 0 saturated heterocycles. The molecule has 0 aromatic heterocycles. The predicted molar refractivity (Wildman–Crippen MR) is 89.1 cm³/mol. The van der Waals surface area contributed by atoms with Crippen LogP contribution in [0.2, 0.25) is 5.02 Å². The van der Waals surface area contributed by atoms with Crippen LogP contribution in [0.1, 0.15) is 63.5 Å². The SMILES string of the molecule is CCCCCCCCC(N)c1cc(Cl)ccc1I. The zero-order valence-corrected chi connectivity index (χ0v) is 14.0. The largest absolute Gasteiger partial charge is 0.324 e. The maximum Gasteiger partial charge on any atom is 0.0410 e. The van der Waals surface area contributed by atoms with E-state index < -0.39 is 0 Å². The van der Waals surface area contributed by atoms with Gasteiger partial charge in [-0.2, -0.15) is 0 Å². The van der Waals surface area contributed by atoms with Crippen molar-refractivity contribution in [1.82, 2.24) is 0 Å². The fourth-order valence-electron chi connectivity index (χ4n) is 2.10. The van der Waals surface area contributed by atoms with Crippen molar-refractivity contribution in [2.24, 2.45) is 5.73 Å². The van der Waals surface area contributed by atoms with Crippen molar-refractivity contribution >= 4 is 34.2 Å². The number of unbranched alkanes of at least 4 members (excludes halogenated alkanes) is 5. The second-order valence-corrected chi connectivity index (χ2v) is 6.43. The maximum atomic E-state index is 6.24. The van der Waals surface area contributed by atoms with Gasteiger partial charge in [-0.3, -0.25) is 0 Å². The third-order valence-corrected chi connectivity index (χ3v) is 4.44. The lowest BCUT2D eigenvalue weighted by Gasteiger charge is -2.14. The van der Waals surface area contributed by atoms with E-state index >= 15 is 0 Å². The summed E-state index contributed by atoms with van der Waals surface area (Å²) < 4.78 is 1.22. The molecule has 0 aliphatic rings. The van der Waals surface area contributed by atoms with Crippen molar-refractivity contribution in [1.29, 1.82) is 0 Å². The van der Waals surface area contributed by atoms with Crippen molar-refractivity contribution in [2.75, 3.05) is 0 Å². The van der Waals surface area contributed by atoms with Gasteiger partial charge >= 0.3 is 0 Å². The Morgan fingerprint density at radius 1 is 1.17 bits per heavy atom. The molecule has 0 radical (unpaired) electrons. The Labute approximate surface area is 130 Å². The normalized spacial score (nSPS) is 12.7. The molecule has 1 rings (SSSR count). The highest BCUT2D eigenvalue weighted by Crippen LogP contribution is 2.25. The van der Waals surface area contributed by atoms with Crippen molar-refractivity contribution in [2.45, 2.75) is 57.9 Å². The Hall–Kier alpha value is 0.200. The molecular formula is C15H23ClIN. The van der Waals surface area contributed by atoms with Gasteiger partial charge in [0.1, 0.15) is 0 Å². The number of rotatable bonds is 8. The van der Waals surface area contributed by atoms with Gasteiger partial charge in [0.2, 0.25) is 0 Å². The minimum absolute atomic E-state index is 0.127. The molecule has 0 amide bonds. The highest BCUT2D eigenvalue weighted by atomic mass is 127. The minimum atomic E-state index is 0.127. The van der Waals surface area contributed by atoms with Crippen molar-refractivity contribution < 1.29 is 0 Å². The molecular weight excluding hydrogens is 357 g/mol. The molecule has 18 heavy (non-hydrogen) atoms. The van der Waals surface area contributed by atoms with Crippen LogP contribution in [0.25, 0.3) is 0 Å². The zero-order chi connectivity index (χ0) is 13.4. The number of hydrogen-bond acceptors (Lipinski definition) is 1. The second-order valence-electron chi connectivity index (χ2n) is 4.83. The Morgan fingerprint density at radius 2 is 1.83 bits per heavy atom. The lowest BCUT2D eigenvalue weighted by Crippen LogP contribution is -2.11. The molecule has 2 N–H and O–H groups in total. The van der Waals surface area contributed by atoms with Crippen LogP contribution in [0.15, 0.2) is 18.2 Å². The van der Waals surface area contributed by atoms with E-state index in [9.17, 15) is 0 Å². The van der Waals surface area contributed by atoms with Gasteiger partial charge in [-0.25, -0.2) is 0 Å². The second kappa shape index (κ2) is 9.16. The van der Waals surface area contributed by atoms with Crippen molar-refractivity contribution in [3.63, 3.8) is 0 Å². The number of hydrogen-bond donors (Lipinski definition) is 1. The first-order chi connectivity index (χ1) is 8.65. The quantitative estimate of drug-likeness (QED) is 0.455. The van der Waals surface area contributed by atoms with Gasteiger partial charge in [0, 0.05) is 14.6 Å². The van der Waals surface area contributed by atoms with E-state index in [1.807, 2.05) is 18.2 Å². The van der Waals surface area contributed by atoms with Gasteiger partial charge < -0.3 is 5.73 Å². The topological polar surface area (TPSA) is 26.0 Å². The summed E-state index contributed by atoms with van der Waals surface area (Å²) in [7, 11) is 0. The molecule has 0 saturated carbocycles. The smallest absolute Gasteiger partial charge is 0.0410 e. The summed E-state index contributed by atoms with van der Waals surface area (Å²) in [6.45, 7) is 2.25. The van der Waals surface area contributed by atoms with Gasteiger partial charge in [-0.15, -0.1) is 0 Å². The standard InChI is InChI=1S/C15H23ClIN/c1-2-3-4-5-6-7-8-15(18)13-11-12(16)9-10-14(13)17/h9-11,15H,2-8,18H2,1H3. The van der Waals surface area contributed by atoms with Gasteiger partial charge in [0.15, 0.2) is 0 Å². The van der Waals surface area contributed by atoms with Crippen molar-refractivity contribution in [3.8, 4) is 0 Å². The van der Waals surface area contributed by atoms with Crippen LogP contribution in [-0.2, 0) is 0 Å². The van der Waals surface area contributed by atoms with Crippen LogP contribution in [0, 0.1) is 3.57 Å². The van der Waals surface area contributed by atoms with Gasteiger partial charge in [-0.1, -0.05) is 57.0 Å². The van der Waals surface area contributed by atoms with Crippen LogP contribution in [-0.4, -0.2) is 0 Å². The third-order valence-electron chi connectivity index (χ3n) is 3.23. The molecule has 0 bridgehead atoms. The lowest BCUT2D eigenvalue weighted by atomic mass is 10.0. The summed E-state index contributed by atoms with van der Waals surface area (Å²) in [5.41, 5.74) is 7.43. The first kappa shape index (κ1) is 16.3. The highest BCUT2D eigenvalue weighted by molar-refractivity contribution is 14.1. The van der Waals surface area contributed by atoms with Crippen LogP contribution in [0.4, 0.5) is 0 Å². The third kappa shape index (κ3) is 5.89. The zero-order valence-electron chi connectivity index (χ0n) is 11.1. The summed E-state index contributed by atoms with van der Waals surface area (Å²) in [4.78, 5) is 0. The maximum absolute atomic E-state index is 6.24. The first-order valence-corrected chi connectivity index (χ1v) is 8.31. The van der Waals surface area contributed by atoms with Crippen LogP contribution < -0.4 is 5.73 Å². The Balaban J connectivity index is 2.31. The summed E-state index contributed by atoms with van der Waals surface area (Å²) in [6, 6.07) is 6.09. The summed E-state index contributed by atoms with van der Waals surface area (Å²) in [6.07, 6.45) is 8.94. The van der Waals surface area contributed by atoms with E-state index in [1.54, 1.807) is 0 Å². The molecule has 1 atom stereocenters. The molecule has 1 nitrogen and oxygen atoms in total. The molecule has 1 unspecified atom stereocenters. The van der Waals surface area contributed by atoms with E-state index in [2.05, 4.69) is 29.5 Å². The van der Waals surface area contributed by atoms with Crippen LogP contribution in [0.5, 0.6) is 0 Å². The van der Waals surface area contributed by atoms with Crippen LogP contribution in [0.3, 0.4) is 0 Å². The number of halogens is 2. The van der Waals surface area contributed by atoms with Crippen LogP contribution >= 0.6 is 34.2 Å². The molecule has 0 heterocycles. The molecule has 102 valence electrons. The predicted octanol–water partition coefficient (Wildman–Crippen LogP) is 5.70. The fourth-order valence-corrected chi connectivity index (χ4v) is 3.01. The summed E-state index contributed by atoms with van der Waals surface area (Å²) >= 11 is 8.35. The lowest BCUT2D eigenvalue weighted by molar-refractivity contribution is 0.546. The Bertz CT molecular complexity index is 354. The number of benzene rings is 1. The van der Waals surface area contributed by atoms with Gasteiger partial charge in [-0.05, 0) is 52.8 Å². The fraction of sp³-hybridized carbons (Fsp3) is 0.600. The van der Waals surface area contributed by atoms with E-state index in [1.165, 1.54) is 47.7 Å². The van der Waals surface area contributed by atoms with E-state index in [0.29, 0.717) is 0 Å². The molecule has 0 fully saturated rings.